The molecule has 2 aliphatic carbocycles. The summed E-state index contributed by atoms with van der Waals surface area (Å²) < 4.78 is 2.66. The lowest BCUT2D eigenvalue weighted by atomic mass is 9.78. The van der Waals surface area contributed by atoms with Crippen molar-refractivity contribution >= 4 is 63.8 Å². The van der Waals surface area contributed by atoms with Crippen molar-refractivity contribution in [3.05, 3.63) is 204 Å². The Kier molecular flexibility index (Phi) is 7.11. The first-order chi connectivity index (χ1) is 29.8. The fraction of sp³-hybridized carbons (Fsp3) is 0.100. The second-order valence-electron chi connectivity index (χ2n) is 18.4. The molecule has 0 spiro atoms. The summed E-state index contributed by atoms with van der Waals surface area (Å²) in [4.78, 5) is 0. The van der Waals surface area contributed by atoms with E-state index >= 15 is 0 Å². The van der Waals surface area contributed by atoms with Crippen LogP contribution in [0.3, 0.4) is 0 Å². The number of thiophene rings is 1. The van der Waals surface area contributed by atoms with Crippen molar-refractivity contribution in [1.29, 1.82) is 0 Å². The largest absolute Gasteiger partial charge is 0.135 e. The van der Waals surface area contributed by atoms with Crippen molar-refractivity contribution in [2.24, 2.45) is 0 Å². The van der Waals surface area contributed by atoms with E-state index in [2.05, 4.69) is 210 Å². The predicted octanol–water partition coefficient (Wildman–Crippen LogP) is 17.1. The zero-order valence-electron chi connectivity index (χ0n) is 34.7. The van der Waals surface area contributed by atoms with E-state index in [1.54, 1.807) is 0 Å². The molecule has 0 saturated carbocycles. The van der Waals surface area contributed by atoms with E-state index in [0.717, 1.165) is 0 Å². The second-order valence-corrected chi connectivity index (χ2v) is 19.4. The van der Waals surface area contributed by atoms with Crippen molar-refractivity contribution in [3.8, 4) is 55.6 Å². The van der Waals surface area contributed by atoms with Gasteiger partial charge in [0.25, 0.3) is 0 Å². The predicted molar refractivity (Wildman–Crippen MR) is 263 cm³/mol. The van der Waals surface area contributed by atoms with Gasteiger partial charge in [-0.3, -0.25) is 0 Å². The van der Waals surface area contributed by atoms with Gasteiger partial charge in [-0.15, -0.1) is 11.3 Å². The van der Waals surface area contributed by atoms with Gasteiger partial charge in [0.15, 0.2) is 0 Å². The summed E-state index contributed by atoms with van der Waals surface area (Å²) >= 11 is 1.88. The van der Waals surface area contributed by atoms with Gasteiger partial charge in [-0.05, 0) is 147 Å². The molecule has 0 aliphatic heterocycles. The number of benzene rings is 10. The fourth-order valence-corrected chi connectivity index (χ4v) is 12.6. The topological polar surface area (TPSA) is 0 Å². The summed E-state index contributed by atoms with van der Waals surface area (Å²) in [6.45, 7) is 9.58. The Morgan fingerprint density at radius 3 is 1.57 bits per heavy atom. The van der Waals surface area contributed by atoms with Crippen LogP contribution in [0.1, 0.15) is 49.9 Å². The molecule has 0 N–H and O–H groups in total. The minimum Gasteiger partial charge on any atom is -0.135 e. The molecule has 0 fully saturated rings. The SMILES string of the molecule is CC1(C)c2ccccc2-c2ccc(-c3ccc4c(-c5ccc6sc7ccccc7c6c5)c5ccccc5c(-c5cc6c(c7ccccc57)-c5ccccc5C6(C)C)c4c3)cc21. The highest BCUT2D eigenvalue weighted by Gasteiger charge is 2.38. The van der Waals surface area contributed by atoms with Gasteiger partial charge in [-0.1, -0.05) is 173 Å². The number of rotatable bonds is 3. The van der Waals surface area contributed by atoms with E-state index in [0.29, 0.717) is 0 Å². The average Bonchev–Trinajstić information content (AvgIpc) is 3.87. The van der Waals surface area contributed by atoms with E-state index < -0.39 is 0 Å². The van der Waals surface area contributed by atoms with Crippen LogP contribution in [0.2, 0.25) is 0 Å². The van der Waals surface area contributed by atoms with Crippen LogP contribution in [0.4, 0.5) is 0 Å². The van der Waals surface area contributed by atoms with Crippen LogP contribution in [0.15, 0.2) is 182 Å². The lowest BCUT2D eigenvalue weighted by Gasteiger charge is -2.25. The average molecular weight is 795 g/mol. The summed E-state index contributed by atoms with van der Waals surface area (Å²) in [6, 6.07) is 69.4. The minimum atomic E-state index is -0.144. The molecule has 0 atom stereocenters. The molecule has 2 aliphatic rings. The van der Waals surface area contributed by atoms with Crippen molar-refractivity contribution in [3.63, 3.8) is 0 Å². The number of hydrogen-bond acceptors (Lipinski definition) is 1. The van der Waals surface area contributed by atoms with Crippen LogP contribution in [-0.2, 0) is 10.8 Å². The summed E-state index contributed by atoms with van der Waals surface area (Å²) in [6.07, 6.45) is 0. The fourth-order valence-electron chi connectivity index (χ4n) is 11.5. The Morgan fingerprint density at radius 2 is 0.787 bits per heavy atom. The molecule has 0 nitrogen and oxygen atoms in total. The van der Waals surface area contributed by atoms with Crippen LogP contribution < -0.4 is 0 Å². The van der Waals surface area contributed by atoms with E-state index in [1.807, 2.05) is 11.3 Å². The van der Waals surface area contributed by atoms with Crippen LogP contribution in [-0.4, -0.2) is 0 Å². The molecule has 1 aromatic heterocycles. The first-order valence-electron chi connectivity index (χ1n) is 21.6. The third kappa shape index (κ3) is 4.76. The van der Waals surface area contributed by atoms with Crippen molar-refractivity contribution in [2.45, 2.75) is 38.5 Å². The summed E-state index contributed by atoms with van der Waals surface area (Å²) in [7, 11) is 0. The molecule has 1 heterocycles. The molecule has 0 radical (unpaired) electrons. The third-order valence-corrected chi connectivity index (χ3v) is 15.6. The minimum absolute atomic E-state index is 0.0779. The maximum atomic E-state index is 2.56. The maximum absolute atomic E-state index is 2.56. The summed E-state index contributed by atoms with van der Waals surface area (Å²) in [5.41, 5.74) is 18.5. The Bertz CT molecular complexity index is 3700. The quantitative estimate of drug-likeness (QED) is 0.156. The van der Waals surface area contributed by atoms with Gasteiger partial charge in [0.05, 0.1) is 0 Å². The molecule has 1 heteroatoms. The van der Waals surface area contributed by atoms with Crippen LogP contribution >= 0.6 is 11.3 Å². The molecule has 0 amide bonds. The Morgan fingerprint density at radius 1 is 0.279 bits per heavy atom. The number of fused-ring (bicyclic) bond motifs is 13. The second kappa shape index (κ2) is 12.4. The molecule has 0 bridgehead atoms. The van der Waals surface area contributed by atoms with Gasteiger partial charge >= 0.3 is 0 Å². The zero-order valence-corrected chi connectivity index (χ0v) is 35.5. The molecular formula is C60H42S. The van der Waals surface area contributed by atoms with Gasteiger partial charge in [0.1, 0.15) is 0 Å². The Hall–Kier alpha value is -6.80. The highest BCUT2D eigenvalue weighted by Crippen LogP contribution is 2.56. The summed E-state index contributed by atoms with van der Waals surface area (Å²) in [5.74, 6) is 0. The molecule has 0 saturated heterocycles. The summed E-state index contributed by atoms with van der Waals surface area (Å²) in [5, 5.41) is 10.4. The first kappa shape index (κ1) is 35.0. The van der Waals surface area contributed by atoms with Gasteiger partial charge in [0.2, 0.25) is 0 Å². The third-order valence-electron chi connectivity index (χ3n) is 14.5. The molecule has 10 aromatic carbocycles. The van der Waals surface area contributed by atoms with Crippen molar-refractivity contribution in [2.75, 3.05) is 0 Å². The highest BCUT2D eigenvalue weighted by molar-refractivity contribution is 7.25. The van der Waals surface area contributed by atoms with Crippen LogP contribution in [0.5, 0.6) is 0 Å². The molecule has 13 rings (SSSR count). The highest BCUT2D eigenvalue weighted by atomic mass is 32.1. The Balaban J connectivity index is 1.14. The van der Waals surface area contributed by atoms with Gasteiger partial charge in [0, 0.05) is 31.0 Å². The molecular weight excluding hydrogens is 753 g/mol. The molecule has 0 unspecified atom stereocenters. The van der Waals surface area contributed by atoms with E-state index in [4.69, 9.17) is 0 Å². The number of hydrogen-bond donors (Lipinski definition) is 0. The van der Waals surface area contributed by atoms with Crippen LogP contribution in [0.25, 0.3) is 108 Å². The van der Waals surface area contributed by atoms with Crippen molar-refractivity contribution in [1.82, 2.24) is 0 Å². The van der Waals surface area contributed by atoms with E-state index in [9.17, 15) is 0 Å². The van der Waals surface area contributed by atoms with E-state index in [1.165, 1.54) is 130 Å². The van der Waals surface area contributed by atoms with Crippen molar-refractivity contribution < 1.29 is 0 Å². The monoisotopic (exact) mass is 794 g/mol. The van der Waals surface area contributed by atoms with Gasteiger partial charge in [-0.2, -0.15) is 0 Å². The van der Waals surface area contributed by atoms with Gasteiger partial charge < -0.3 is 0 Å². The van der Waals surface area contributed by atoms with Gasteiger partial charge in [-0.25, -0.2) is 0 Å². The van der Waals surface area contributed by atoms with Crippen LogP contribution in [0, 0.1) is 0 Å². The molecule has 61 heavy (non-hydrogen) atoms. The lowest BCUT2D eigenvalue weighted by molar-refractivity contribution is 0.660. The molecule has 11 aromatic rings. The standard InChI is InChI=1S/C60H42S/c1-59(2)50-22-12-9-16-39(50)40-28-25-36(33-52(40)59)35-26-29-45-48(31-35)57(49-34-53-58(42-18-6-5-15-38(42)49)46-21-10-13-23-51(46)60(53,3)4)44-20-8-7-19-43(44)56(45)37-27-30-55-47(32-37)41-17-11-14-24-54(41)61-55/h5-34H,1-4H3. The molecule has 288 valence electrons. The smallest absolute Gasteiger partial charge is 0.0355 e. The normalized spacial score (nSPS) is 14.5. The zero-order chi connectivity index (χ0) is 40.8. The maximum Gasteiger partial charge on any atom is 0.0355 e. The Labute approximate surface area is 360 Å². The lowest BCUT2D eigenvalue weighted by Crippen LogP contribution is -2.15. The van der Waals surface area contributed by atoms with E-state index in [-0.39, 0.29) is 10.8 Å². The first-order valence-corrected chi connectivity index (χ1v) is 22.4.